The summed E-state index contributed by atoms with van der Waals surface area (Å²) in [5, 5.41) is 0. The number of hydrogen-bond donors (Lipinski definition) is 0. The van der Waals surface area contributed by atoms with Crippen molar-refractivity contribution in [1.29, 1.82) is 0 Å². The second-order valence-corrected chi connectivity index (χ2v) is 298. The van der Waals surface area contributed by atoms with Gasteiger partial charge < -0.3 is 0 Å². The maximum atomic E-state index is 8.71. The number of allylic oxidation sites excluding steroid dienone is 8. The third kappa shape index (κ3) is 1.97. The van der Waals surface area contributed by atoms with E-state index in [9.17, 15) is 0 Å². The Morgan fingerprint density at radius 2 is 0.682 bits per heavy atom. The van der Waals surface area contributed by atoms with Crippen LogP contribution in [0.5, 0.6) is 0 Å². The molecule has 2 aliphatic rings. The van der Waals surface area contributed by atoms with E-state index in [4.69, 9.17) is 17.2 Å². The van der Waals surface area contributed by atoms with Crippen molar-refractivity contribution in [3.63, 3.8) is 0 Å². The van der Waals surface area contributed by atoms with Gasteiger partial charge in [-0.05, 0) is 0 Å². The van der Waals surface area contributed by atoms with Crippen LogP contribution in [0.1, 0.15) is 0 Å². The topological polar surface area (TPSA) is 0 Å². The molecule has 0 atom stereocenters. The van der Waals surface area contributed by atoms with E-state index in [0.717, 1.165) is 0 Å². The molecule has 0 amide bonds. The average molecular weight is 515 g/mol. The summed E-state index contributed by atoms with van der Waals surface area (Å²) >= 11 is 0. The van der Waals surface area contributed by atoms with Crippen LogP contribution in [-0.4, -0.2) is 0 Å². The molecule has 0 aromatic heterocycles. The molecule has 0 N–H and O–H groups in total. The van der Waals surface area contributed by atoms with Crippen LogP contribution in [0.2, 0.25) is 49.5 Å². The van der Waals surface area contributed by atoms with Crippen LogP contribution in [0.25, 0.3) is 0 Å². The van der Waals surface area contributed by atoms with Crippen molar-refractivity contribution in [2.24, 2.45) is 0 Å². The van der Waals surface area contributed by atoms with Gasteiger partial charge in [0.05, 0.1) is 0 Å². The monoisotopic (exact) mass is 515 g/mol. The molecule has 0 spiro atoms. The first-order chi connectivity index (χ1) is 8.00. The fourth-order valence-corrected chi connectivity index (χ4v) is 41.6. The maximum absolute atomic E-state index is 8.71. The van der Waals surface area contributed by atoms with Crippen molar-refractivity contribution in [2.45, 2.75) is 49.5 Å². The van der Waals surface area contributed by atoms with E-state index in [1.165, 1.54) is 0 Å². The molecule has 0 aromatic carbocycles. The summed E-state index contributed by atoms with van der Waals surface area (Å²) in [6, 6.07) is 0. The molecular weight excluding hydrogens is 478 g/mol. The zero-order valence-electron chi connectivity index (χ0n) is 16.0. The van der Waals surface area contributed by atoms with Crippen LogP contribution >= 0.6 is 17.2 Å². The van der Waals surface area contributed by atoms with Crippen molar-refractivity contribution in [2.75, 3.05) is 0 Å². The predicted octanol–water partition coefficient (Wildman–Crippen LogP) is 9.53. The van der Waals surface area contributed by atoms with E-state index in [2.05, 4.69) is 66.4 Å². The van der Waals surface area contributed by atoms with Gasteiger partial charge in [0, 0.05) is 0 Å². The first-order valence-corrected chi connectivity index (χ1v) is 54.2. The Morgan fingerprint density at radius 3 is 0.864 bits per heavy atom. The first-order valence-electron chi connectivity index (χ1n) is 8.79. The summed E-state index contributed by atoms with van der Waals surface area (Å²) in [6.45, 7) is 0. The van der Waals surface area contributed by atoms with E-state index in [0.29, 0.717) is 0 Å². The van der Waals surface area contributed by atoms with Crippen molar-refractivity contribution < 1.29 is 4.39 Å². The van der Waals surface area contributed by atoms with Crippen LogP contribution in [0.4, 0.5) is 0 Å². The molecule has 3 heteroatoms. The van der Waals surface area contributed by atoms with Crippen LogP contribution in [0.3, 0.4) is 0 Å². The summed E-state index contributed by atoms with van der Waals surface area (Å²) in [5.74, 6) is 0. The quantitative estimate of drug-likeness (QED) is 0.322. The van der Waals surface area contributed by atoms with E-state index in [-0.39, 0.29) is 7.35 Å². The summed E-state index contributed by atoms with van der Waals surface area (Å²) in [4.78, 5) is 0. The molecule has 0 heterocycles. The van der Waals surface area contributed by atoms with Gasteiger partial charge in [0.15, 0.2) is 0 Å². The molecule has 2 aliphatic carbocycles. The Hall–Kier alpha value is 0.410. The Morgan fingerprint density at radius 1 is 0.500 bits per heavy atom. The SMILES string of the molecule is [CH3][Hf]([CH3])([CH3])([CH3])([CH3])([CH3])([CH3])([CH3])([CH3])([Cl])([Cl])([CH]1C=CC=C1)[CH]1C=CC=C1. The average Bonchev–Trinajstić information content (AvgIpc) is 2.73. The van der Waals surface area contributed by atoms with Gasteiger partial charge >= 0.3 is 120 Å². The molecule has 0 nitrogen and oxygen atoms in total. The number of rotatable bonds is 2. The Balaban J connectivity index is 3.85. The van der Waals surface area contributed by atoms with Gasteiger partial charge in [-0.3, -0.25) is 0 Å². The van der Waals surface area contributed by atoms with Crippen molar-refractivity contribution in [3.05, 3.63) is 48.6 Å². The van der Waals surface area contributed by atoms with Gasteiger partial charge in [0.1, 0.15) is 0 Å². The third-order valence-corrected chi connectivity index (χ3v) is 68.9. The molecule has 0 saturated carbocycles. The molecule has 0 fully saturated rings. The van der Waals surface area contributed by atoms with Gasteiger partial charge in [-0.1, -0.05) is 0 Å². The molecular formula is C19H37Cl2Hf. The fraction of sp³-hybridized carbons (Fsp3) is 0.579. The normalized spacial score (nSPS) is 43.0. The van der Waals surface area contributed by atoms with Gasteiger partial charge in [0.2, 0.25) is 0 Å². The zero-order valence-corrected chi connectivity index (χ0v) is 21.1. The van der Waals surface area contributed by atoms with Crippen LogP contribution in [0.15, 0.2) is 48.6 Å². The molecule has 0 aromatic rings. The molecule has 0 unspecified atom stereocenters. The molecule has 22 heavy (non-hydrogen) atoms. The molecule has 131 valence electrons. The predicted molar refractivity (Wildman–Crippen MR) is 109 cm³/mol. The minimum atomic E-state index is -8.06. The number of halogens is 2. The Bertz CT molecular complexity index is 927. The second-order valence-electron chi connectivity index (χ2n) is 29.9. The van der Waals surface area contributed by atoms with Gasteiger partial charge in [-0.2, -0.15) is 0 Å². The van der Waals surface area contributed by atoms with Gasteiger partial charge in [0.25, 0.3) is 0 Å². The second kappa shape index (κ2) is 1.04. The standard InChI is InChI=1S/2C5H5.9CH3.2ClH.Hf/c2*1-2-4-5-3-1;;;;;;;;;;;;/h2*1-5H;9*1H3;2*1H;/q;;;;;;;;;;;;;+2/p-2. The van der Waals surface area contributed by atoms with Crippen LogP contribution in [0, 0.1) is 0 Å². The summed E-state index contributed by atoms with van der Waals surface area (Å²) in [7, 11) is 17.4. The van der Waals surface area contributed by atoms with E-state index in [1.807, 2.05) is 24.3 Å². The molecule has 2 rings (SSSR count). The molecule has 0 aliphatic heterocycles. The van der Waals surface area contributed by atoms with Crippen molar-refractivity contribution >= 4 is 17.2 Å². The molecule has 0 bridgehead atoms. The van der Waals surface area contributed by atoms with Crippen LogP contribution < -0.4 is 0 Å². The van der Waals surface area contributed by atoms with Gasteiger partial charge in [-0.15, -0.1) is 0 Å². The third-order valence-electron chi connectivity index (χ3n) is 8.38. The first kappa shape index (κ1) is 18.7. The summed E-state index contributed by atoms with van der Waals surface area (Å²) < 4.78 is 10.8. The summed E-state index contributed by atoms with van der Waals surface area (Å²) in [5.41, 5.74) is 0. The number of hydrogen-bond acceptors (Lipinski definition) is 0. The molecule has 0 radical (unpaired) electrons. The minimum absolute atomic E-state index is 0.263. The van der Waals surface area contributed by atoms with Crippen molar-refractivity contribution in [1.82, 2.24) is 0 Å². The van der Waals surface area contributed by atoms with E-state index in [1.54, 1.807) is 0 Å². The van der Waals surface area contributed by atoms with Crippen molar-refractivity contribution in [3.8, 4) is 0 Å². The Labute approximate surface area is 118 Å². The zero-order chi connectivity index (χ0) is 18.1. The summed E-state index contributed by atoms with van der Waals surface area (Å²) in [6.07, 6.45) is 16.8. The molecule has 0 saturated heterocycles. The van der Waals surface area contributed by atoms with E-state index >= 15 is 0 Å². The Kier molecular flexibility index (Phi) is 0.890. The van der Waals surface area contributed by atoms with Crippen LogP contribution in [-0.2, 0) is 4.39 Å². The van der Waals surface area contributed by atoms with E-state index < -0.39 is 4.39 Å². The fourth-order valence-electron chi connectivity index (χ4n) is 5.06. The van der Waals surface area contributed by atoms with Gasteiger partial charge in [-0.25, -0.2) is 0 Å².